The molecular formula is C12H17N. The highest BCUT2D eigenvalue weighted by Gasteiger charge is 2.18. The first-order chi connectivity index (χ1) is 6.29. The molecule has 1 aromatic rings. The molecular weight excluding hydrogens is 158 g/mol. The summed E-state index contributed by atoms with van der Waals surface area (Å²) in [5.41, 5.74) is 4.39. The first kappa shape index (κ1) is 8.76. The Morgan fingerprint density at radius 1 is 1.23 bits per heavy atom. The van der Waals surface area contributed by atoms with E-state index in [4.69, 9.17) is 0 Å². The summed E-state index contributed by atoms with van der Waals surface area (Å²) in [4.78, 5) is 0. The van der Waals surface area contributed by atoms with Crippen LogP contribution in [0.2, 0.25) is 0 Å². The summed E-state index contributed by atoms with van der Waals surface area (Å²) >= 11 is 0. The predicted molar refractivity (Wildman–Crippen MR) is 55.9 cm³/mol. The van der Waals surface area contributed by atoms with Crippen LogP contribution in [0.5, 0.6) is 0 Å². The van der Waals surface area contributed by atoms with E-state index in [2.05, 4.69) is 37.4 Å². The van der Waals surface area contributed by atoms with Gasteiger partial charge in [0.1, 0.15) is 0 Å². The van der Waals surface area contributed by atoms with E-state index in [1.807, 2.05) is 0 Å². The van der Waals surface area contributed by atoms with Crippen molar-refractivity contribution in [1.29, 1.82) is 0 Å². The quantitative estimate of drug-likeness (QED) is 0.692. The van der Waals surface area contributed by atoms with Gasteiger partial charge in [0.05, 0.1) is 0 Å². The second-order valence-corrected chi connectivity index (χ2v) is 3.95. The predicted octanol–water partition coefficient (Wildman–Crippen LogP) is 2.73. The minimum absolute atomic E-state index is 0.612. The number of aryl methyl sites for hydroxylation is 2. The standard InChI is InChI=1S/C12H17N/c1-9-5-3-6-10(2)12(9)11-7-4-8-13-11/h3,5-6,11,13H,4,7-8H2,1-2H3/t11-/m1/s1. The van der Waals surface area contributed by atoms with E-state index in [0.29, 0.717) is 6.04 Å². The summed E-state index contributed by atoms with van der Waals surface area (Å²) in [5.74, 6) is 0. The molecule has 0 aliphatic carbocycles. The van der Waals surface area contributed by atoms with Crippen LogP contribution in [0.4, 0.5) is 0 Å². The second-order valence-electron chi connectivity index (χ2n) is 3.95. The SMILES string of the molecule is Cc1cccc(C)c1[C@H]1CCCN1. The molecule has 0 saturated carbocycles. The van der Waals surface area contributed by atoms with Crippen LogP contribution < -0.4 is 5.32 Å². The van der Waals surface area contributed by atoms with E-state index < -0.39 is 0 Å². The molecule has 0 radical (unpaired) electrons. The first-order valence-corrected chi connectivity index (χ1v) is 5.08. The summed E-state index contributed by atoms with van der Waals surface area (Å²) in [5, 5.41) is 3.55. The van der Waals surface area contributed by atoms with Gasteiger partial charge in [-0.25, -0.2) is 0 Å². The van der Waals surface area contributed by atoms with Crippen molar-refractivity contribution in [2.24, 2.45) is 0 Å². The van der Waals surface area contributed by atoms with E-state index in [0.717, 1.165) is 0 Å². The van der Waals surface area contributed by atoms with Crippen LogP contribution in [-0.2, 0) is 0 Å². The molecule has 1 aliphatic heterocycles. The minimum atomic E-state index is 0.612. The molecule has 13 heavy (non-hydrogen) atoms. The van der Waals surface area contributed by atoms with Crippen molar-refractivity contribution in [3.8, 4) is 0 Å². The molecule has 0 bridgehead atoms. The van der Waals surface area contributed by atoms with Crippen LogP contribution in [0.25, 0.3) is 0 Å². The summed E-state index contributed by atoms with van der Waals surface area (Å²) in [6, 6.07) is 7.18. The summed E-state index contributed by atoms with van der Waals surface area (Å²) in [6.45, 7) is 5.60. The normalized spacial score (nSPS) is 22.2. The molecule has 0 aromatic heterocycles. The van der Waals surface area contributed by atoms with E-state index in [1.165, 1.54) is 36.1 Å². The molecule has 70 valence electrons. The minimum Gasteiger partial charge on any atom is -0.310 e. The van der Waals surface area contributed by atoms with Crippen LogP contribution in [0.15, 0.2) is 18.2 Å². The van der Waals surface area contributed by atoms with Gasteiger partial charge < -0.3 is 5.32 Å². The van der Waals surface area contributed by atoms with Crippen molar-refractivity contribution in [3.63, 3.8) is 0 Å². The zero-order valence-electron chi connectivity index (χ0n) is 8.43. The highest BCUT2D eigenvalue weighted by Crippen LogP contribution is 2.28. The molecule has 1 nitrogen and oxygen atoms in total. The Bertz CT molecular complexity index is 278. The lowest BCUT2D eigenvalue weighted by Gasteiger charge is -2.16. The average molecular weight is 175 g/mol. The number of benzene rings is 1. The van der Waals surface area contributed by atoms with Gasteiger partial charge in [0.25, 0.3) is 0 Å². The summed E-state index contributed by atoms with van der Waals surface area (Å²) in [6.07, 6.45) is 2.62. The van der Waals surface area contributed by atoms with Crippen molar-refractivity contribution in [1.82, 2.24) is 5.32 Å². The Morgan fingerprint density at radius 2 is 1.92 bits per heavy atom. The molecule has 1 fully saturated rings. The summed E-state index contributed by atoms with van der Waals surface area (Å²) < 4.78 is 0. The lowest BCUT2D eigenvalue weighted by atomic mass is 9.95. The number of hydrogen-bond acceptors (Lipinski definition) is 1. The van der Waals surface area contributed by atoms with E-state index in [-0.39, 0.29) is 0 Å². The molecule has 1 heterocycles. The molecule has 1 aromatic carbocycles. The molecule has 0 amide bonds. The van der Waals surface area contributed by atoms with Gasteiger partial charge in [-0.2, -0.15) is 0 Å². The van der Waals surface area contributed by atoms with Crippen LogP contribution in [0.1, 0.15) is 35.6 Å². The van der Waals surface area contributed by atoms with Crippen molar-refractivity contribution < 1.29 is 0 Å². The third kappa shape index (κ3) is 1.61. The Balaban J connectivity index is 2.37. The van der Waals surface area contributed by atoms with Crippen molar-refractivity contribution in [2.45, 2.75) is 32.7 Å². The largest absolute Gasteiger partial charge is 0.310 e. The van der Waals surface area contributed by atoms with E-state index in [9.17, 15) is 0 Å². The second kappa shape index (κ2) is 3.51. The van der Waals surface area contributed by atoms with Crippen molar-refractivity contribution >= 4 is 0 Å². The average Bonchev–Trinajstić information content (AvgIpc) is 2.57. The zero-order chi connectivity index (χ0) is 9.26. The van der Waals surface area contributed by atoms with Crippen molar-refractivity contribution in [3.05, 3.63) is 34.9 Å². The smallest absolute Gasteiger partial charge is 0.0325 e. The Hall–Kier alpha value is -0.820. The molecule has 1 saturated heterocycles. The van der Waals surface area contributed by atoms with Crippen LogP contribution in [0, 0.1) is 13.8 Å². The number of nitrogens with one attached hydrogen (secondary N) is 1. The Labute approximate surface area is 80.2 Å². The molecule has 1 atom stereocenters. The van der Waals surface area contributed by atoms with Gasteiger partial charge in [0.15, 0.2) is 0 Å². The van der Waals surface area contributed by atoms with Gasteiger partial charge in [-0.1, -0.05) is 18.2 Å². The highest BCUT2D eigenvalue weighted by atomic mass is 14.9. The van der Waals surface area contributed by atoms with Crippen molar-refractivity contribution in [2.75, 3.05) is 6.54 Å². The van der Waals surface area contributed by atoms with Crippen LogP contribution in [0.3, 0.4) is 0 Å². The summed E-state index contributed by atoms with van der Waals surface area (Å²) in [7, 11) is 0. The van der Waals surface area contributed by atoms with E-state index >= 15 is 0 Å². The molecule has 2 rings (SSSR count). The van der Waals surface area contributed by atoms with Crippen LogP contribution >= 0.6 is 0 Å². The third-order valence-electron chi connectivity index (χ3n) is 2.95. The first-order valence-electron chi connectivity index (χ1n) is 5.08. The number of hydrogen-bond donors (Lipinski definition) is 1. The maximum Gasteiger partial charge on any atom is 0.0325 e. The van der Waals surface area contributed by atoms with Gasteiger partial charge >= 0.3 is 0 Å². The Morgan fingerprint density at radius 3 is 2.46 bits per heavy atom. The highest BCUT2D eigenvalue weighted by molar-refractivity contribution is 5.36. The molecule has 1 aliphatic rings. The third-order valence-corrected chi connectivity index (χ3v) is 2.95. The fraction of sp³-hybridized carbons (Fsp3) is 0.500. The number of rotatable bonds is 1. The van der Waals surface area contributed by atoms with Gasteiger partial charge in [0.2, 0.25) is 0 Å². The maximum absolute atomic E-state index is 3.55. The van der Waals surface area contributed by atoms with Gasteiger partial charge in [-0.05, 0) is 49.9 Å². The fourth-order valence-electron chi connectivity index (χ4n) is 2.31. The maximum atomic E-state index is 3.55. The van der Waals surface area contributed by atoms with Crippen LogP contribution in [-0.4, -0.2) is 6.54 Å². The van der Waals surface area contributed by atoms with Gasteiger partial charge in [-0.3, -0.25) is 0 Å². The van der Waals surface area contributed by atoms with E-state index in [1.54, 1.807) is 0 Å². The lowest BCUT2D eigenvalue weighted by molar-refractivity contribution is 0.640. The molecule has 0 spiro atoms. The fourth-order valence-corrected chi connectivity index (χ4v) is 2.31. The topological polar surface area (TPSA) is 12.0 Å². The van der Waals surface area contributed by atoms with Gasteiger partial charge in [0, 0.05) is 6.04 Å². The Kier molecular flexibility index (Phi) is 2.36. The molecule has 1 heteroatoms. The zero-order valence-corrected chi connectivity index (χ0v) is 8.43. The molecule has 0 unspecified atom stereocenters. The lowest BCUT2D eigenvalue weighted by Crippen LogP contribution is -2.15. The molecule has 1 N–H and O–H groups in total. The van der Waals surface area contributed by atoms with Gasteiger partial charge in [-0.15, -0.1) is 0 Å². The monoisotopic (exact) mass is 175 g/mol.